The van der Waals surface area contributed by atoms with Crippen LogP contribution in [0.2, 0.25) is 0 Å². The van der Waals surface area contributed by atoms with Crippen molar-refractivity contribution in [2.75, 3.05) is 6.54 Å². The summed E-state index contributed by atoms with van der Waals surface area (Å²) >= 11 is 0. The highest BCUT2D eigenvalue weighted by atomic mass is 16.5. The molecule has 1 unspecified atom stereocenters. The number of carbonyl (C=O) groups is 1. The van der Waals surface area contributed by atoms with Crippen LogP contribution in [0, 0.1) is 6.92 Å². The number of fused-ring (bicyclic) bond motifs is 1. The van der Waals surface area contributed by atoms with Gasteiger partial charge in [-0.05, 0) is 42.7 Å². The Morgan fingerprint density at radius 1 is 1.46 bits per heavy atom. The van der Waals surface area contributed by atoms with E-state index in [-0.39, 0.29) is 12.0 Å². The molecule has 1 aromatic heterocycles. The molecule has 4 nitrogen and oxygen atoms in total. The topological polar surface area (TPSA) is 51.2 Å². The van der Waals surface area contributed by atoms with Gasteiger partial charge in [0.1, 0.15) is 11.9 Å². The number of carbonyl (C=O) groups excluding carboxylic acids is 1. The van der Waals surface area contributed by atoms with Crippen LogP contribution in [-0.4, -0.2) is 23.5 Å². The first-order valence-corrected chi connectivity index (χ1v) is 8.26. The smallest absolute Gasteiger partial charge is 0.220 e. The number of pyridine rings is 1. The average molecular weight is 322 g/mol. The fraction of sp³-hybridized carbons (Fsp3) is 0.300. The van der Waals surface area contributed by atoms with Crippen molar-refractivity contribution in [1.82, 2.24) is 10.3 Å². The normalized spacial score (nSPS) is 15.5. The fourth-order valence-electron chi connectivity index (χ4n) is 2.97. The predicted octanol–water partition coefficient (Wildman–Crippen LogP) is 3.44. The molecule has 0 fully saturated rings. The summed E-state index contributed by atoms with van der Waals surface area (Å²) in [6.45, 7) is 6.23. The van der Waals surface area contributed by atoms with Crippen molar-refractivity contribution in [2.24, 2.45) is 0 Å². The van der Waals surface area contributed by atoms with Gasteiger partial charge >= 0.3 is 0 Å². The highest BCUT2D eigenvalue weighted by Crippen LogP contribution is 2.38. The number of allylic oxidation sites excluding steroid dienone is 1. The molecule has 0 bridgehead atoms. The van der Waals surface area contributed by atoms with Crippen LogP contribution in [0.4, 0.5) is 0 Å². The molecule has 1 N–H and O–H groups in total. The van der Waals surface area contributed by atoms with Crippen LogP contribution in [-0.2, 0) is 11.2 Å². The summed E-state index contributed by atoms with van der Waals surface area (Å²) in [7, 11) is 0. The molecule has 2 aromatic rings. The molecule has 1 amide bonds. The number of rotatable bonds is 6. The maximum atomic E-state index is 11.7. The molecule has 1 aliphatic rings. The van der Waals surface area contributed by atoms with Gasteiger partial charge in [0.15, 0.2) is 0 Å². The minimum atomic E-state index is -0.0306. The Morgan fingerprint density at radius 2 is 2.33 bits per heavy atom. The Labute approximate surface area is 142 Å². The zero-order chi connectivity index (χ0) is 16.9. The van der Waals surface area contributed by atoms with E-state index < -0.39 is 0 Å². The number of ether oxygens (including phenoxy) is 1. The molecular formula is C20H22N2O2. The molecule has 24 heavy (non-hydrogen) atoms. The van der Waals surface area contributed by atoms with Gasteiger partial charge in [0.05, 0.1) is 12.2 Å². The average Bonchev–Trinajstić information content (AvgIpc) is 3.00. The number of hydrogen-bond donors (Lipinski definition) is 1. The number of hydrogen-bond acceptors (Lipinski definition) is 3. The van der Waals surface area contributed by atoms with Crippen molar-refractivity contribution in [3.8, 4) is 17.0 Å². The minimum absolute atomic E-state index is 0.0306. The molecule has 0 spiro atoms. The van der Waals surface area contributed by atoms with Crippen molar-refractivity contribution >= 4 is 5.91 Å². The van der Waals surface area contributed by atoms with Crippen LogP contribution in [0.15, 0.2) is 49.2 Å². The molecule has 0 saturated heterocycles. The summed E-state index contributed by atoms with van der Waals surface area (Å²) in [6, 6.07) is 10.1. The van der Waals surface area contributed by atoms with Gasteiger partial charge in [-0.25, -0.2) is 0 Å². The van der Waals surface area contributed by atoms with Gasteiger partial charge in [-0.1, -0.05) is 18.2 Å². The molecule has 1 aromatic carbocycles. The Hall–Kier alpha value is -2.62. The van der Waals surface area contributed by atoms with Gasteiger partial charge in [0, 0.05) is 24.6 Å². The van der Waals surface area contributed by atoms with Gasteiger partial charge in [-0.3, -0.25) is 9.78 Å². The van der Waals surface area contributed by atoms with E-state index >= 15 is 0 Å². The minimum Gasteiger partial charge on any atom is -0.487 e. The molecule has 4 heteroatoms. The molecule has 0 aliphatic carbocycles. The summed E-state index contributed by atoms with van der Waals surface area (Å²) in [5.74, 6) is 0.931. The quantitative estimate of drug-likeness (QED) is 0.829. The second kappa shape index (κ2) is 7.30. The highest BCUT2D eigenvalue weighted by Gasteiger charge is 2.27. The molecule has 1 atom stereocenters. The SMILES string of the molecule is C=CCCC(=O)NCC1Cc2cc(C)cc(-c3ccccn3)c2O1. The number of nitrogens with one attached hydrogen (secondary N) is 1. The Bertz CT molecular complexity index is 741. The number of benzene rings is 1. The van der Waals surface area contributed by atoms with E-state index in [1.807, 2.05) is 18.2 Å². The lowest BCUT2D eigenvalue weighted by Gasteiger charge is -2.13. The van der Waals surface area contributed by atoms with E-state index in [1.54, 1.807) is 12.3 Å². The van der Waals surface area contributed by atoms with Gasteiger partial charge in [-0.15, -0.1) is 6.58 Å². The maximum Gasteiger partial charge on any atom is 0.220 e. The molecule has 2 heterocycles. The van der Waals surface area contributed by atoms with Crippen LogP contribution in [0.1, 0.15) is 24.0 Å². The number of nitrogens with zero attached hydrogens (tertiary/aromatic N) is 1. The summed E-state index contributed by atoms with van der Waals surface area (Å²) in [5, 5.41) is 2.94. The van der Waals surface area contributed by atoms with Crippen LogP contribution in [0.5, 0.6) is 5.75 Å². The first-order valence-electron chi connectivity index (χ1n) is 8.26. The highest BCUT2D eigenvalue weighted by molar-refractivity contribution is 5.76. The first-order chi connectivity index (χ1) is 11.7. The third-order valence-electron chi connectivity index (χ3n) is 4.09. The molecule has 124 valence electrons. The third kappa shape index (κ3) is 3.65. The molecule has 1 aliphatic heterocycles. The second-order valence-electron chi connectivity index (χ2n) is 6.09. The monoisotopic (exact) mass is 322 g/mol. The van der Waals surface area contributed by atoms with Gasteiger partial charge < -0.3 is 10.1 Å². The number of aromatic nitrogens is 1. The van der Waals surface area contributed by atoms with Gasteiger partial charge in [-0.2, -0.15) is 0 Å². The maximum absolute atomic E-state index is 11.7. The second-order valence-corrected chi connectivity index (χ2v) is 6.09. The van der Waals surface area contributed by atoms with Gasteiger partial charge in [0.25, 0.3) is 0 Å². The van der Waals surface area contributed by atoms with Crippen molar-refractivity contribution in [1.29, 1.82) is 0 Å². The zero-order valence-corrected chi connectivity index (χ0v) is 13.9. The van der Waals surface area contributed by atoms with E-state index in [9.17, 15) is 4.79 Å². The lowest BCUT2D eigenvalue weighted by Crippen LogP contribution is -2.34. The Balaban J connectivity index is 1.73. The third-order valence-corrected chi connectivity index (χ3v) is 4.09. The predicted molar refractivity (Wildman–Crippen MR) is 95.0 cm³/mol. The van der Waals surface area contributed by atoms with E-state index in [1.165, 1.54) is 11.1 Å². The van der Waals surface area contributed by atoms with Crippen LogP contribution < -0.4 is 10.1 Å². The van der Waals surface area contributed by atoms with Crippen LogP contribution >= 0.6 is 0 Å². The first kappa shape index (κ1) is 16.2. The summed E-state index contributed by atoms with van der Waals surface area (Å²) in [6.07, 6.45) is 5.48. The van der Waals surface area contributed by atoms with Crippen LogP contribution in [0.3, 0.4) is 0 Å². The van der Waals surface area contributed by atoms with E-state index in [0.29, 0.717) is 19.4 Å². The lowest BCUT2D eigenvalue weighted by molar-refractivity contribution is -0.121. The van der Waals surface area contributed by atoms with Crippen molar-refractivity contribution in [2.45, 2.75) is 32.3 Å². The Kier molecular flexibility index (Phi) is 4.94. The Morgan fingerprint density at radius 3 is 3.08 bits per heavy atom. The fourth-order valence-corrected chi connectivity index (χ4v) is 2.97. The lowest BCUT2D eigenvalue weighted by atomic mass is 10.0. The van der Waals surface area contributed by atoms with E-state index in [2.05, 4.69) is 35.9 Å². The summed E-state index contributed by atoms with van der Waals surface area (Å²) < 4.78 is 6.13. The molecule has 0 saturated carbocycles. The zero-order valence-electron chi connectivity index (χ0n) is 13.9. The molecular weight excluding hydrogens is 300 g/mol. The molecule has 0 radical (unpaired) electrons. The van der Waals surface area contributed by atoms with Crippen molar-refractivity contribution in [3.63, 3.8) is 0 Å². The number of amides is 1. The number of aryl methyl sites for hydroxylation is 1. The standard InChI is InChI=1S/C20H22N2O2/c1-3-4-8-19(23)22-13-16-12-15-10-14(2)11-17(20(15)24-16)18-7-5-6-9-21-18/h3,5-7,9-11,16H,1,4,8,12-13H2,2H3,(H,22,23). The van der Waals surface area contributed by atoms with E-state index in [0.717, 1.165) is 23.4 Å². The summed E-state index contributed by atoms with van der Waals surface area (Å²) in [5.41, 5.74) is 4.30. The van der Waals surface area contributed by atoms with Crippen molar-refractivity contribution in [3.05, 3.63) is 60.3 Å². The van der Waals surface area contributed by atoms with Gasteiger partial charge in [0.2, 0.25) is 5.91 Å². The van der Waals surface area contributed by atoms with E-state index in [4.69, 9.17) is 4.74 Å². The largest absolute Gasteiger partial charge is 0.487 e. The van der Waals surface area contributed by atoms with Crippen LogP contribution in [0.25, 0.3) is 11.3 Å². The molecule has 3 rings (SSSR count). The van der Waals surface area contributed by atoms with Crippen molar-refractivity contribution < 1.29 is 9.53 Å². The summed E-state index contributed by atoms with van der Waals surface area (Å²) in [4.78, 5) is 16.2.